The molecule has 1 heterocycles. The molecular weight excluding hydrogens is 266 g/mol. The average Bonchev–Trinajstić information content (AvgIpc) is 2.54. The van der Waals surface area contributed by atoms with Gasteiger partial charge in [0.15, 0.2) is 0 Å². The van der Waals surface area contributed by atoms with Gasteiger partial charge in [0.1, 0.15) is 5.75 Å². The van der Waals surface area contributed by atoms with E-state index in [-0.39, 0.29) is 5.56 Å². The summed E-state index contributed by atoms with van der Waals surface area (Å²) in [7, 11) is 1.64. The first kappa shape index (κ1) is 15.3. The SMILES string of the molecule is CCNCc1cc(-c2ccc(OC)cc2)nn(CC)c1=O. The van der Waals surface area contributed by atoms with Gasteiger partial charge in [0.2, 0.25) is 0 Å². The van der Waals surface area contributed by atoms with Gasteiger partial charge in [-0.3, -0.25) is 4.79 Å². The minimum Gasteiger partial charge on any atom is -0.497 e. The molecule has 0 radical (unpaired) electrons. The Morgan fingerprint density at radius 2 is 1.95 bits per heavy atom. The molecule has 112 valence electrons. The summed E-state index contributed by atoms with van der Waals surface area (Å²) in [6.45, 7) is 5.88. The second-order valence-corrected chi connectivity index (χ2v) is 4.68. The number of rotatable bonds is 6. The van der Waals surface area contributed by atoms with E-state index in [4.69, 9.17) is 4.74 Å². The number of benzene rings is 1. The van der Waals surface area contributed by atoms with Gasteiger partial charge in [-0.1, -0.05) is 6.92 Å². The summed E-state index contributed by atoms with van der Waals surface area (Å²) in [4.78, 5) is 12.2. The van der Waals surface area contributed by atoms with E-state index in [0.29, 0.717) is 13.1 Å². The van der Waals surface area contributed by atoms with Gasteiger partial charge in [-0.05, 0) is 43.8 Å². The summed E-state index contributed by atoms with van der Waals surface area (Å²) in [6.07, 6.45) is 0. The third kappa shape index (κ3) is 3.49. The highest BCUT2D eigenvalue weighted by Gasteiger charge is 2.09. The average molecular weight is 287 g/mol. The lowest BCUT2D eigenvalue weighted by atomic mass is 10.1. The van der Waals surface area contributed by atoms with Crippen LogP contribution in [0.15, 0.2) is 35.1 Å². The van der Waals surface area contributed by atoms with Crippen LogP contribution in [0.5, 0.6) is 5.75 Å². The van der Waals surface area contributed by atoms with Gasteiger partial charge in [0, 0.05) is 24.2 Å². The maximum atomic E-state index is 12.2. The Hall–Kier alpha value is -2.14. The number of ether oxygens (including phenoxy) is 1. The normalized spacial score (nSPS) is 10.6. The molecule has 21 heavy (non-hydrogen) atoms. The highest BCUT2D eigenvalue weighted by Crippen LogP contribution is 2.20. The number of hydrogen-bond acceptors (Lipinski definition) is 4. The van der Waals surface area contributed by atoms with Crippen molar-refractivity contribution in [3.05, 3.63) is 46.2 Å². The van der Waals surface area contributed by atoms with Crippen molar-refractivity contribution < 1.29 is 4.74 Å². The molecule has 0 amide bonds. The van der Waals surface area contributed by atoms with Crippen LogP contribution in [0, 0.1) is 0 Å². The maximum absolute atomic E-state index is 12.2. The molecule has 1 aromatic carbocycles. The Balaban J connectivity index is 2.44. The zero-order valence-corrected chi connectivity index (χ0v) is 12.7. The lowest BCUT2D eigenvalue weighted by Crippen LogP contribution is -2.29. The van der Waals surface area contributed by atoms with E-state index in [0.717, 1.165) is 29.1 Å². The Bertz CT molecular complexity index is 648. The molecule has 0 atom stereocenters. The molecule has 0 aliphatic carbocycles. The summed E-state index contributed by atoms with van der Waals surface area (Å²) in [5, 5.41) is 7.61. The van der Waals surface area contributed by atoms with E-state index in [2.05, 4.69) is 10.4 Å². The Kier molecular flexibility index (Phi) is 5.11. The first-order valence-electron chi connectivity index (χ1n) is 7.15. The molecule has 1 aromatic heterocycles. The Labute approximate surface area is 124 Å². The topological polar surface area (TPSA) is 56.1 Å². The van der Waals surface area contributed by atoms with Gasteiger partial charge in [-0.2, -0.15) is 5.10 Å². The highest BCUT2D eigenvalue weighted by molar-refractivity contribution is 5.60. The van der Waals surface area contributed by atoms with E-state index in [9.17, 15) is 4.79 Å². The quantitative estimate of drug-likeness (QED) is 0.883. The van der Waals surface area contributed by atoms with Crippen molar-refractivity contribution >= 4 is 0 Å². The van der Waals surface area contributed by atoms with Crippen molar-refractivity contribution in [2.75, 3.05) is 13.7 Å². The molecule has 5 nitrogen and oxygen atoms in total. The first-order chi connectivity index (χ1) is 10.2. The number of hydrogen-bond donors (Lipinski definition) is 1. The van der Waals surface area contributed by atoms with Gasteiger partial charge < -0.3 is 10.1 Å². The zero-order valence-electron chi connectivity index (χ0n) is 12.7. The van der Waals surface area contributed by atoms with Crippen LogP contribution < -0.4 is 15.6 Å². The fraction of sp³-hybridized carbons (Fsp3) is 0.375. The molecule has 2 rings (SSSR count). The van der Waals surface area contributed by atoms with Crippen LogP contribution in [-0.2, 0) is 13.1 Å². The molecular formula is C16H21N3O2. The fourth-order valence-corrected chi connectivity index (χ4v) is 2.10. The molecule has 0 aliphatic heterocycles. The van der Waals surface area contributed by atoms with Crippen LogP contribution in [0.25, 0.3) is 11.3 Å². The van der Waals surface area contributed by atoms with Crippen molar-refractivity contribution in [1.82, 2.24) is 15.1 Å². The standard InChI is InChI=1S/C16H21N3O2/c1-4-17-11-13-10-15(18-19(5-2)16(13)20)12-6-8-14(21-3)9-7-12/h6-10,17H,4-5,11H2,1-3H3. The van der Waals surface area contributed by atoms with Crippen LogP contribution in [0.3, 0.4) is 0 Å². The van der Waals surface area contributed by atoms with Crippen molar-refractivity contribution in [1.29, 1.82) is 0 Å². The van der Waals surface area contributed by atoms with Crippen LogP contribution in [0.2, 0.25) is 0 Å². The monoisotopic (exact) mass is 287 g/mol. The van der Waals surface area contributed by atoms with Crippen molar-refractivity contribution in [3.8, 4) is 17.0 Å². The van der Waals surface area contributed by atoms with E-state index < -0.39 is 0 Å². The largest absolute Gasteiger partial charge is 0.497 e. The molecule has 1 N–H and O–H groups in total. The van der Waals surface area contributed by atoms with Gasteiger partial charge >= 0.3 is 0 Å². The van der Waals surface area contributed by atoms with Crippen molar-refractivity contribution in [2.24, 2.45) is 0 Å². The second-order valence-electron chi connectivity index (χ2n) is 4.68. The summed E-state index contributed by atoms with van der Waals surface area (Å²) in [5.41, 5.74) is 2.47. The number of aromatic nitrogens is 2. The van der Waals surface area contributed by atoms with Crippen LogP contribution in [0.1, 0.15) is 19.4 Å². The minimum absolute atomic E-state index is 0.0317. The lowest BCUT2D eigenvalue weighted by molar-refractivity contribution is 0.415. The maximum Gasteiger partial charge on any atom is 0.271 e. The summed E-state index contributed by atoms with van der Waals surface area (Å²) in [5.74, 6) is 0.801. The van der Waals surface area contributed by atoms with Crippen LogP contribution >= 0.6 is 0 Å². The minimum atomic E-state index is -0.0317. The number of aryl methyl sites for hydroxylation is 1. The number of nitrogens with one attached hydrogen (secondary N) is 1. The van der Waals surface area contributed by atoms with E-state index in [1.165, 1.54) is 4.68 Å². The second kappa shape index (κ2) is 7.04. The smallest absolute Gasteiger partial charge is 0.271 e. The fourth-order valence-electron chi connectivity index (χ4n) is 2.10. The molecule has 0 aliphatic rings. The van der Waals surface area contributed by atoms with E-state index >= 15 is 0 Å². The number of nitrogens with zero attached hydrogens (tertiary/aromatic N) is 2. The van der Waals surface area contributed by atoms with Gasteiger partial charge in [0.25, 0.3) is 5.56 Å². The zero-order chi connectivity index (χ0) is 15.2. The highest BCUT2D eigenvalue weighted by atomic mass is 16.5. The lowest BCUT2D eigenvalue weighted by Gasteiger charge is -2.10. The van der Waals surface area contributed by atoms with Crippen molar-refractivity contribution in [3.63, 3.8) is 0 Å². The summed E-state index contributed by atoms with van der Waals surface area (Å²) < 4.78 is 6.67. The van der Waals surface area contributed by atoms with Gasteiger partial charge in [-0.15, -0.1) is 0 Å². The number of methoxy groups -OCH3 is 1. The first-order valence-corrected chi connectivity index (χ1v) is 7.15. The van der Waals surface area contributed by atoms with E-state index in [1.807, 2.05) is 44.2 Å². The molecule has 2 aromatic rings. The molecule has 0 unspecified atom stereocenters. The Morgan fingerprint density at radius 3 is 2.52 bits per heavy atom. The molecule has 0 fully saturated rings. The summed E-state index contributed by atoms with van der Waals surface area (Å²) >= 11 is 0. The van der Waals surface area contributed by atoms with Gasteiger partial charge in [-0.25, -0.2) is 4.68 Å². The molecule has 5 heteroatoms. The van der Waals surface area contributed by atoms with Crippen LogP contribution in [0.4, 0.5) is 0 Å². The molecule has 0 spiro atoms. The summed E-state index contributed by atoms with van der Waals surface area (Å²) in [6, 6.07) is 9.54. The predicted octanol–water partition coefficient (Wildman–Crippen LogP) is 2.05. The van der Waals surface area contributed by atoms with Gasteiger partial charge in [0.05, 0.1) is 12.8 Å². The molecule has 0 saturated heterocycles. The van der Waals surface area contributed by atoms with E-state index in [1.54, 1.807) is 7.11 Å². The Morgan fingerprint density at radius 1 is 1.24 bits per heavy atom. The van der Waals surface area contributed by atoms with Crippen LogP contribution in [-0.4, -0.2) is 23.4 Å². The van der Waals surface area contributed by atoms with Crippen molar-refractivity contribution in [2.45, 2.75) is 26.9 Å². The molecule has 0 saturated carbocycles. The molecule has 0 bridgehead atoms. The predicted molar refractivity (Wildman–Crippen MR) is 83.5 cm³/mol. The third-order valence-electron chi connectivity index (χ3n) is 3.30. The third-order valence-corrected chi connectivity index (χ3v) is 3.30.